The minimum Gasteiger partial charge on any atom is -0.444 e. The van der Waals surface area contributed by atoms with Crippen molar-refractivity contribution in [1.82, 2.24) is 14.9 Å². The average molecular weight is 529 g/mol. The van der Waals surface area contributed by atoms with E-state index in [9.17, 15) is 13.6 Å². The zero-order valence-electron chi connectivity index (χ0n) is 24.2. The van der Waals surface area contributed by atoms with Gasteiger partial charge in [0, 0.05) is 43.2 Å². The number of rotatable bonds is 5. The molecule has 0 bridgehead atoms. The highest BCUT2D eigenvalue weighted by atomic mass is 19.1. The predicted molar refractivity (Wildman–Crippen MR) is 151 cm³/mol. The van der Waals surface area contributed by atoms with Gasteiger partial charge in [-0.3, -0.25) is 0 Å². The fourth-order valence-electron chi connectivity index (χ4n) is 4.37. The van der Waals surface area contributed by atoms with Crippen molar-refractivity contribution >= 4 is 23.1 Å². The molecular weight excluding hydrogens is 486 g/mol. The van der Waals surface area contributed by atoms with Gasteiger partial charge in [-0.2, -0.15) is 0 Å². The van der Waals surface area contributed by atoms with E-state index in [1.54, 1.807) is 4.90 Å². The number of allylic oxidation sites excluding steroid dienone is 3. The van der Waals surface area contributed by atoms with E-state index in [1.807, 2.05) is 68.4 Å². The van der Waals surface area contributed by atoms with E-state index in [-0.39, 0.29) is 18.2 Å². The standard InChI is InChI=1S/C28H36F2N4O2.C2H6/c1-9-17(2)25-24(10-18(3)21-11-22(29)13-23(30)12-21)31-16-32-26(25)33-14-20(5)34(15-19(33)4)27(35)36-28(6,7)8;1-2/h9,11-13,16,19-20H,3,10,14-15H2,1-2,4-8H3;1-2H3/b17-9-;/t19-,20+;/m0./s1. The van der Waals surface area contributed by atoms with Gasteiger partial charge in [0.1, 0.15) is 29.4 Å². The van der Waals surface area contributed by atoms with Gasteiger partial charge in [-0.15, -0.1) is 0 Å². The molecule has 208 valence electrons. The van der Waals surface area contributed by atoms with Crippen LogP contribution in [0.25, 0.3) is 11.1 Å². The lowest BCUT2D eigenvalue weighted by Crippen LogP contribution is -2.59. The van der Waals surface area contributed by atoms with Crippen molar-refractivity contribution in [2.75, 3.05) is 18.0 Å². The highest BCUT2D eigenvalue weighted by Gasteiger charge is 2.36. The van der Waals surface area contributed by atoms with Crippen LogP contribution in [0.5, 0.6) is 0 Å². The molecule has 0 saturated carbocycles. The Labute approximate surface area is 226 Å². The molecule has 1 saturated heterocycles. The first kappa shape index (κ1) is 30.9. The molecule has 2 heterocycles. The third-order valence-corrected chi connectivity index (χ3v) is 6.27. The summed E-state index contributed by atoms with van der Waals surface area (Å²) in [5, 5.41) is 0. The van der Waals surface area contributed by atoms with E-state index >= 15 is 0 Å². The maximum atomic E-state index is 13.8. The molecule has 0 N–H and O–H groups in total. The first-order chi connectivity index (χ1) is 17.8. The molecular formula is C30H42F2N4O2. The highest BCUT2D eigenvalue weighted by Crippen LogP contribution is 2.33. The quantitative estimate of drug-likeness (QED) is 0.408. The summed E-state index contributed by atoms with van der Waals surface area (Å²) in [6.07, 6.45) is 3.48. The predicted octanol–water partition coefficient (Wildman–Crippen LogP) is 7.29. The molecule has 1 aromatic heterocycles. The molecule has 0 aliphatic carbocycles. The zero-order chi connectivity index (χ0) is 28.8. The second kappa shape index (κ2) is 13.0. The normalized spacial score (nSPS) is 18.0. The van der Waals surface area contributed by atoms with Crippen LogP contribution in [0.15, 0.2) is 37.2 Å². The van der Waals surface area contributed by atoms with Crippen LogP contribution in [0.2, 0.25) is 0 Å². The van der Waals surface area contributed by atoms with Gasteiger partial charge in [0.15, 0.2) is 0 Å². The topological polar surface area (TPSA) is 58.6 Å². The van der Waals surface area contributed by atoms with Crippen LogP contribution < -0.4 is 4.90 Å². The van der Waals surface area contributed by atoms with Crippen molar-refractivity contribution in [1.29, 1.82) is 0 Å². The van der Waals surface area contributed by atoms with Gasteiger partial charge in [-0.05, 0) is 77.3 Å². The molecule has 0 spiro atoms. The fourth-order valence-corrected chi connectivity index (χ4v) is 4.37. The third kappa shape index (κ3) is 7.62. The van der Waals surface area contributed by atoms with Crippen LogP contribution in [0.4, 0.5) is 19.4 Å². The summed E-state index contributed by atoms with van der Waals surface area (Å²) in [5.74, 6) is -0.535. The van der Waals surface area contributed by atoms with Gasteiger partial charge in [-0.25, -0.2) is 23.5 Å². The number of hydrogen-bond acceptors (Lipinski definition) is 5. The third-order valence-electron chi connectivity index (χ3n) is 6.27. The molecule has 1 aromatic carbocycles. The first-order valence-corrected chi connectivity index (χ1v) is 13.2. The Morgan fingerprint density at radius 2 is 1.71 bits per heavy atom. The molecule has 1 aliphatic heterocycles. The minimum atomic E-state index is -0.648. The summed E-state index contributed by atoms with van der Waals surface area (Å²) in [6, 6.07) is 3.26. The number of carbonyl (C=O) groups is 1. The van der Waals surface area contributed by atoms with Gasteiger partial charge in [0.05, 0.1) is 5.69 Å². The summed E-state index contributed by atoms with van der Waals surface area (Å²) in [7, 11) is 0. The SMILES string of the molecule is C=C(Cc1ncnc(N2C[C@@H](C)N(C(=O)OC(C)(C)C)C[C@@H]2C)c1/C(C)=C\C)c1cc(F)cc(F)c1.CC. The minimum absolute atomic E-state index is 0.0274. The molecule has 1 fully saturated rings. The van der Waals surface area contributed by atoms with Crippen LogP contribution in [-0.4, -0.2) is 51.7 Å². The van der Waals surface area contributed by atoms with E-state index in [0.29, 0.717) is 30.6 Å². The van der Waals surface area contributed by atoms with Crippen molar-refractivity contribution < 1.29 is 18.3 Å². The molecule has 38 heavy (non-hydrogen) atoms. The monoisotopic (exact) mass is 528 g/mol. The number of carbonyl (C=O) groups excluding carboxylic acids is 1. The number of hydrogen-bond donors (Lipinski definition) is 0. The summed E-state index contributed by atoms with van der Waals surface area (Å²) in [4.78, 5) is 25.9. The Bertz CT molecular complexity index is 1150. The lowest BCUT2D eigenvalue weighted by molar-refractivity contribution is 0.0129. The number of ether oxygens (including phenoxy) is 1. The molecule has 8 heteroatoms. The van der Waals surface area contributed by atoms with Crippen LogP contribution in [-0.2, 0) is 11.2 Å². The maximum absolute atomic E-state index is 13.8. The number of halogens is 2. The van der Waals surface area contributed by atoms with Crippen LogP contribution in [0.1, 0.15) is 79.1 Å². The van der Waals surface area contributed by atoms with Crippen molar-refractivity contribution in [3.8, 4) is 0 Å². The van der Waals surface area contributed by atoms with Crippen LogP contribution in [0.3, 0.4) is 0 Å². The lowest BCUT2D eigenvalue weighted by atomic mass is 9.96. The van der Waals surface area contributed by atoms with Gasteiger partial charge in [-0.1, -0.05) is 26.5 Å². The first-order valence-electron chi connectivity index (χ1n) is 13.2. The van der Waals surface area contributed by atoms with E-state index in [2.05, 4.69) is 21.4 Å². The number of benzene rings is 1. The maximum Gasteiger partial charge on any atom is 0.410 e. The van der Waals surface area contributed by atoms with Crippen LogP contribution >= 0.6 is 0 Å². The number of anilines is 1. The second-order valence-electron chi connectivity index (χ2n) is 10.4. The van der Waals surface area contributed by atoms with Gasteiger partial charge in [0.25, 0.3) is 0 Å². The molecule has 1 amide bonds. The average Bonchev–Trinajstić information content (AvgIpc) is 2.84. The Morgan fingerprint density at radius 3 is 2.26 bits per heavy atom. The molecule has 6 nitrogen and oxygen atoms in total. The van der Waals surface area contributed by atoms with Gasteiger partial charge < -0.3 is 14.5 Å². The van der Waals surface area contributed by atoms with E-state index in [1.165, 1.54) is 18.5 Å². The summed E-state index contributed by atoms with van der Waals surface area (Å²) in [5.41, 5.74) is 2.95. The Morgan fingerprint density at radius 1 is 1.11 bits per heavy atom. The number of piperazine rings is 1. The highest BCUT2D eigenvalue weighted by molar-refractivity contribution is 5.78. The molecule has 0 unspecified atom stereocenters. The zero-order valence-corrected chi connectivity index (χ0v) is 24.2. The summed E-state index contributed by atoms with van der Waals surface area (Å²) in [6.45, 7) is 22.7. The summed E-state index contributed by atoms with van der Waals surface area (Å²) >= 11 is 0. The molecule has 0 radical (unpaired) electrons. The van der Waals surface area contributed by atoms with Crippen molar-refractivity contribution in [2.24, 2.45) is 0 Å². The Balaban J connectivity index is 0.00000247. The summed E-state index contributed by atoms with van der Waals surface area (Å²) < 4.78 is 33.2. The van der Waals surface area contributed by atoms with Crippen molar-refractivity contribution in [2.45, 2.75) is 86.4 Å². The molecule has 2 aromatic rings. The molecule has 2 atom stereocenters. The molecule has 1 aliphatic rings. The molecule has 3 rings (SSSR count). The van der Waals surface area contributed by atoms with E-state index < -0.39 is 17.2 Å². The fraction of sp³-hybridized carbons (Fsp3) is 0.500. The largest absolute Gasteiger partial charge is 0.444 e. The smallest absolute Gasteiger partial charge is 0.410 e. The van der Waals surface area contributed by atoms with E-state index in [0.717, 1.165) is 28.7 Å². The number of nitrogens with zero attached hydrogens (tertiary/aromatic N) is 4. The number of aromatic nitrogens is 2. The van der Waals surface area contributed by atoms with Crippen LogP contribution in [0, 0.1) is 11.6 Å². The Kier molecular flexibility index (Phi) is 10.6. The second-order valence-corrected chi connectivity index (χ2v) is 10.4. The van der Waals surface area contributed by atoms with Gasteiger partial charge >= 0.3 is 6.09 Å². The van der Waals surface area contributed by atoms with E-state index in [4.69, 9.17) is 4.74 Å². The van der Waals surface area contributed by atoms with Crippen molar-refractivity contribution in [3.63, 3.8) is 0 Å². The number of amides is 1. The lowest BCUT2D eigenvalue weighted by Gasteiger charge is -2.45. The Hall–Kier alpha value is -3.29. The van der Waals surface area contributed by atoms with Crippen molar-refractivity contribution in [3.05, 3.63) is 65.6 Å². The van der Waals surface area contributed by atoms with Gasteiger partial charge in [0.2, 0.25) is 0 Å².